The molecule has 0 radical (unpaired) electrons. The normalized spacial score (nSPS) is 13.5. The molecule has 0 saturated heterocycles. The molecule has 0 spiro atoms. The van der Waals surface area contributed by atoms with Gasteiger partial charge in [-0.15, -0.1) is 11.3 Å². The molecular weight excluding hydrogens is 257 g/mol. The Morgan fingerprint density at radius 2 is 2.50 bits per heavy atom. The molecule has 0 aliphatic carbocycles. The molecule has 3 heteroatoms. The van der Waals surface area contributed by atoms with Crippen LogP contribution in [0.5, 0.6) is 0 Å². The van der Waals surface area contributed by atoms with E-state index in [2.05, 4.69) is 41.0 Å². The Kier molecular flexibility index (Phi) is 3.13. The van der Waals surface area contributed by atoms with Crippen molar-refractivity contribution in [2.24, 2.45) is 5.73 Å². The van der Waals surface area contributed by atoms with Crippen LogP contribution in [0.15, 0.2) is 11.4 Å². The largest absolute Gasteiger partial charge is 0.323 e. The van der Waals surface area contributed by atoms with Gasteiger partial charge < -0.3 is 5.73 Å². The van der Waals surface area contributed by atoms with Crippen LogP contribution in [0.4, 0.5) is 0 Å². The molecular formula is C7H10INS. The van der Waals surface area contributed by atoms with Crippen LogP contribution in [0, 0.1) is 3.57 Å². The van der Waals surface area contributed by atoms with Crippen molar-refractivity contribution < 1.29 is 0 Å². The number of nitrogens with two attached hydrogens (primary N) is 1. The van der Waals surface area contributed by atoms with Crippen molar-refractivity contribution in [3.8, 4) is 0 Å². The molecule has 0 fully saturated rings. The van der Waals surface area contributed by atoms with Gasteiger partial charge >= 0.3 is 0 Å². The van der Waals surface area contributed by atoms with E-state index in [1.165, 1.54) is 8.45 Å². The number of rotatable bonds is 2. The minimum Gasteiger partial charge on any atom is -0.323 e. The first-order valence-electron chi connectivity index (χ1n) is 3.24. The summed E-state index contributed by atoms with van der Waals surface area (Å²) in [6, 6.07) is 2.35. The number of hydrogen-bond acceptors (Lipinski definition) is 2. The van der Waals surface area contributed by atoms with Crippen LogP contribution in [-0.2, 0) is 0 Å². The zero-order chi connectivity index (χ0) is 7.56. The third kappa shape index (κ3) is 1.71. The number of halogens is 1. The zero-order valence-corrected chi connectivity index (χ0v) is 8.78. The average molecular weight is 267 g/mol. The molecule has 1 unspecified atom stereocenters. The average Bonchev–Trinajstić information content (AvgIpc) is 2.34. The molecule has 0 saturated carbocycles. The van der Waals surface area contributed by atoms with Gasteiger partial charge in [-0.3, -0.25) is 0 Å². The van der Waals surface area contributed by atoms with E-state index in [1.54, 1.807) is 11.3 Å². The Hall–Kier alpha value is 0.390. The Morgan fingerprint density at radius 3 is 2.90 bits per heavy atom. The summed E-state index contributed by atoms with van der Waals surface area (Å²) in [5.41, 5.74) is 5.85. The summed E-state index contributed by atoms with van der Waals surface area (Å²) >= 11 is 4.07. The molecule has 0 bridgehead atoms. The van der Waals surface area contributed by atoms with Crippen LogP contribution in [0.2, 0.25) is 0 Å². The molecule has 0 aromatic carbocycles. The fraction of sp³-hybridized carbons (Fsp3) is 0.429. The summed E-state index contributed by atoms with van der Waals surface area (Å²) < 4.78 is 1.30. The van der Waals surface area contributed by atoms with Gasteiger partial charge in [0.05, 0.1) is 0 Å². The molecule has 10 heavy (non-hydrogen) atoms. The summed E-state index contributed by atoms with van der Waals surface area (Å²) in [5, 5.41) is 2.09. The van der Waals surface area contributed by atoms with E-state index < -0.39 is 0 Å². The second-order valence-corrected chi connectivity index (χ2v) is 4.26. The predicted molar refractivity (Wildman–Crippen MR) is 54.3 cm³/mol. The standard InChI is InChI=1S/C7H10INS/c1-2-6(9)7-5(8)3-4-10-7/h3-4,6H,2,9H2,1H3. The molecule has 1 heterocycles. The lowest BCUT2D eigenvalue weighted by atomic mass is 10.2. The lowest BCUT2D eigenvalue weighted by molar-refractivity contribution is 0.709. The fourth-order valence-corrected chi connectivity index (χ4v) is 2.83. The third-order valence-corrected chi connectivity index (χ3v) is 3.78. The maximum atomic E-state index is 5.85. The monoisotopic (exact) mass is 267 g/mol. The molecule has 0 aliphatic rings. The lowest BCUT2D eigenvalue weighted by Crippen LogP contribution is -2.07. The summed E-state index contributed by atoms with van der Waals surface area (Å²) in [6.45, 7) is 2.11. The molecule has 1 aromatic rings. The smallest absolute Gasteiger partial charge is 0.0397 e. The van der Waals surface area contributed by atoms with Crippen molar-refractivity contribution in [1.29, 1.82) is 0 Å². The van der Waals surface area contributed by atoms with Gasteiger partial charge in [0, 0.05) is 14.5 Å². The topological polar surface area (TPSA) is 26.0 Å². The molecule has 56 valence electrons. The maximum Gasteiger partial charge on any atom is 0.0397 e. The molecule has 1 aromatic heterocycles. The van der Waals surface area contributed by atoms with E-state index in [0.29, 0.717) is 0 Å². The van der Waals surface area contributed by atoms with Crippen LogP contribution in [0.3, 0.4) is 0 Å². The van der Waals surface area contributed by atoms with Gasteiger partial charge in [0.1, 0.15) is 0 Å². The maximum absolute atomic E-state index is 5.85. The molecule has 1 nitrogen and oxygen atoms in total. The second-order valence-electron chi connectivity index (χ2n) is 2.15. The van der Waals surface area contributed by atoms with Crippen LogP contribution in [0.25, 0.3) is 0 Å². The Morgan fingerprint density at radius 1 is 1.80 bits per heavy atom. The van der Waals surface area contributed by atoms with Crippen molar-refractivity contribution in [2.75, 3.05) is 0 Å². The molecule has 1 atom stereocenters. The van der Waals surface area contributed by atoms with Crippen molar-refractivity contribution in [1.82, 2.24) is 0 Å². The summed E-state index contributed by atoms with van der Waals surface area (Å²) in [6.07, 6.45) is 1.02. The third-order valence-electron chi connectivity index (χ3n) is 1.42. The SMILES string of the molecule is CCC(N)c1sccc1I. The summed E-state index contributed by atoms with van der Waals surface area (Å²) in [5.74, 6) is 0. The highest BCUT2D eigenvalue weighted by atomic mass is 127. The van der Waals surface area contributed by atoms with E-state index >= 15 is 0 Å². The van der Waals surface area contributed by atoms with E-state index in [1.807, 2.05) is 0 Å². The van der Waals surface area contributed by atoms with Crippen LogP contribution in [0.1, 0.15) is 24.3 Å². The van der Waals surface area contributed by atoms with Crippen molar-refractivity contribution in [2.45, 2.75) is 19.4 Å². The van der Waals surface area contributed by atoms with Crippen LogP contribution in [-0.4, -0.2) is 0 Å². The van der Waals surface area contributed by atoms with E-state index in [-0.39, 0.29) is 6.04 Å². The van der Waals surface area contributed by atoms with Gasteiger partial charge in [0.2, 0.25) is 0 Å². The summed E-state index contributed by atoms with van der Waals surface area (Å²) in [7, 11) is 0. The molecule has 1 rings (SSSR count). The Balaban J connectivity index is 2.82. The minimum atomic E-state index is 0.242. The fourth-order valence-electron chi connectivity index (χ4n) is 0.755. The van der Waals surface area contributed by atoms with Gasteiger partial charge in [0.15, 0.2) is 0 Å². The Labute approximate surface area is 78.8 Å². The van der Waals surface area contributed by atoms with Gasteiger partial charge in [-0.05, 0) is 40.5 Å². The summed E-state index contributed by atoms with van der Waals surface area (Å²) in [4.78, 5) is 1.32. The van der Waals surface area contributed by atoms with E-state index in [9.17, 15) is 0 Å². The number of hydrogen-bond donors (Lipinski definition) is 1. The Bertz CT molecular complexity index is 209. The highest BCUT2D eigenvalue weighted by Gasteiger charge is 2.07. The first-order valence-corrected chi connectivity index (χ1v) is 5.20. The predicted octanol–water partition coefficient (Wildman–Crippen LogP) is 2.76. The minimum absolute atomic E-state index is 0.242. The number of thiophene rings is 1. The first-order chi connectivity index (χ1) is 4.75. The van der Waals surface area contributed by atoms with E-state index in [0.717, 1.165) is 6.42 Å². The van der Waals surface area contributed by atoms with Crippen molar-refractivity contribution >= 4 is 33.9 Å². The quantitative estimate of drug-likeness (QED) is 0.819. The van der Waals surface area contributed by atoms with Gasteiger partial charge in [0.25, 0.3) is 0 Å². The van der Waals surface area contributed by atoms with Gasteiger partial charge in [-0.1, -0.05) is 6.92 Å². The molecule has 0 amide bonds. The van der Waals surface area contributed by atoms with Crippen LogP contribution < -0.4 is 5.73 Å². The molecule has 0 aliphatic heterocycles. The van der Waals surface area contributed by atoms with Gasteiger partial charge in [-0.25, -0.2) is 0 Å². The van der Waals surface area contributed by atoms with Crippen molar-refractivity contribution in [3.05, 3.63) is 19.9 Å². The first kappa shape index (κ1) is 8.49. The highest BCUT2D eigenvalue weighted by molar-refractivity contribution is 14.1. The van der Waals surface area contributed by atoms with Crippen LogP contribution >= 0.6 is 33.9 Å². The lowest BCUT2D eigenvalue weighted by Gasteiger charge is -2.05. The highest BCUT2D eigenvalue weighted by Crippen LogP contribution is 2.25. The van der Waals surface area contributed by atoms with Gasteiger partial charge in [-0.2, -0.15) is 0 Å². The molecule has 2 N–H and O–H groups in total. The zero-order valence-electron chi connectivity index (χ0n) is 5.80. The van der Waals surface area contributed by atoms with E-state index in [4.69, 9.17) is 5.73 Å². The second kappa shape index (κ2) is 3.69. The van der Waals surface area contributed by atoms with Crippen molar-refractivity contribution in [3.63, 3.8) is 0 Å².